The maximum absolute atomic E-state index is 12.9. The fourth-order valence-electron chi connectivity index (χ4n) is 10.8. The van der Waals surface area contributed by atoms with Gasteiger partial charge in [0, 0.05) is 19.3 Å². The Morgan fingerprint density at radius 2 is 0.439 bits per heavy atom. The van der Waals surface area contributed by atoms with Crippen LogP contribution in [0.15, 0.2) is 60.8 Å². The third kappa shape index (κ3) is 67.9. The molecule has 0 spiro atoms. The molecule has 0 heterocycles. The number of unbranched alkanes of at least 4 members (excludes halogenated alkanes) is 46. The van der Waals surface area contributed by atoms with Gasteiger partial charge in [-0.1, -0.05) is 338 Å². The molecule has 0 saturated carbocycles. The monoisotopic (exact) mass is 1150 g/mol. The van der Waals surface area contributed by atoms with E-state index in [4.69, 9.17) is 14.2 Å². The lowest BCUT2D eigenvalue weighted by Gasteiger charge is -2.18. The fourth-order valence-corrected chi connectivity index (χ4v) is 10.8. The van der Waals surface area contributed by atoms with Crippen molar-refractivity contribution in [1.82, 2.24) is 0 Å². The molecule has 0 fully saturated rings. The predicted molar refractivity (Wildman–Crippen MR) is 358 cm³/mol. The molecule has 6 nitrogen and oxygen atoms in total. The van der Waals surface area contributed by atoms with Crippen LogP contribution in [-0.2, 0) is 28.6 Å². The fraction of sp³-hybridized carbons (Fsp3) is 0.829. The van der Waals surface area contributed by atoms with Crippen molar-refractivity contribution < 1.29 is 28.6 Å². The van der Waals surface area contributed by atoms with Crippen molar-refractivity contribution in [1.29, 1.82) is 0 Å². The van der Waals surface area contributed by atoms with Crippen LogP contribution in [0.25, 0.3) is 0 Å². The van der Waals surface area contributed by atoms with Gasteiger partial charge < -0.3 is 14.2 Å². The second-order valence-corrected chi connectivity index (χ2v) is 24.5. The molecule has 0 bridgehead atoms. The van der Waals surface area contributed by atoms with Gasteiger partial charge >= 0.3 is 17.9 Å². The van der Waals surface area contributed by atoms with Gasteiger partial charge in [-0.3, -0.25) is 14.4 Å². The van der Waals surface area contributed by atoms with E-state index in [2.05, 4.69) is 81.5 Å². The van der Waals surface area contributed by atoms with Crippen molar-refractivity contribution >= 4 is 17.9 Å². The Kier molecular flexibility index (Phi) is 68.1. The average molecular weight is 1150 g/mol. The third-order valence-electron chi connectivity index (χ3n) is 16.2. The average Bonchev–Trinajstić information content (AvgIpc) is 3.47. The molecule has 0 aromatic heterocycles. The van der Waals surface area contributed by atoms with Gasteiger partial charge in [-0.2, -0.15) is 0 Å². The Morgan fingerprint density at radius 1 is 0.244 bits per heavy atom. The van der Waals surface area contributed by atoms with Gasteiger partial charge in [0.25, 0.3) is 0 Å². The minimum Gasteiger partial charge on any atom is -0.462 e. The zero-order valence-electron chi connectivity index (χ0n) is 55.0. The van der Waals surface area contributed by atoms with Gasteiger partial charge in [-0.05, 0) is 89.9 Å². The molecule has 82 heavy (non-hydrogen) atoms. The highest BCUT2D eigenvalue weighted by atomic mass is 16.6. The standard InChI is InChI=1S/C76H138O6/c1-4-7-10-13-16-19-21-23-25-27-29-31-33-34-35-36-37-38-39-40-41-42-44-45-47-49-51-53-55-57-60-63-66-69-75(78)81-72-73(71-80-74(77)68-65-62-59-18-15-12-9-6-3)82-76(79)70-67-64-61-58-56-54-52-50-48-46-43-32-30-28-26-24-22-20-17-14-11-8-5-2/h21-24,27-30,33-34,73H,4-20,25-26,31-32,35-72H2,1-3H3/b23-21-,24-22-,29-27-,30-28-,34-33-. The summed E-state index contributed by atoms with van der Waals surface area (Å²) in [7, 11) is 0. The Labute approximate surface area is 510 Å². The van der Waals surface area contributed by atoms with Crippen LogP contribution in [-0.4, -0.2) is 37.2 Å². The second kappa shape index (κ2) is 70.6. The minimum absolute atomic E-state index is 0.0700. The maximum atomic E-state index is 12.9. The molecule has 0 aromatic rings. The number of hydrogen-bond donors (Lipinski definition) is 0. The van der Waals surface area contributed by atoms with Crippen molar-refractivity contribution in [2.24, 2.45) is 0 Å². The minimum atomic E-state index is -0.772. The number of hydrogen-bond acceptors (Lipinski definition) is 6. The summed E-state index contributed by atoms with van der Waals surface area (Å²) in [4.78, 5) is 38.3. The molecule has 0 amide bonds. The Bertz CT molecular complexity index is 1460. The molecule has 478 valence electrons. The summed E-state index contributed by atoms with van der Waals surface area (Å²) in [5.41, 5.74) is 0. The number of carbonyl (C=O) groups is 3. The van der Waals surface area contributed by atoms with E-state index in [9.17, 15) is 14.4 Å². The van der Waals surface area contributed by atoms with Crippen LogP contribution in [0, 0.1) is 0 Å². The number of carbonyl (C=O) groups excluding carboxylic acids is 3. The highest BCUT2D eigenvalue weighted by molar-refractivity contribution is 5.71. The molecule has 0 saturated heterocycles. The van der Waals surface area contributed by atoms with Crippen LogP contribution >= 0.6 is 0 Å². The SMILES string of the molecule is CCCCCCC/C=C\C/C=C\C/C=C\CCCCCCCCCCCCCCCCCCCCC(=O)OCC(COC(=O)CCCCCCCCCC)OC(=O)CCCCCCCCCCCCC/C=C\C/C=C\CCCCCCC. The third-order valence-corrected chi connectivity index (χ3v) is 16.2. The molecular formula is C76H138O6. The molecule has 0 aromatic carbocycles. The lowest BCUT2D eigenvalue weighted by Crippen LogP contribution is -2.30. The summed E-state index contributed by atoms with van der Waals surface area (Å²) in [6.07, 6.45) is 91.4. The van der Waals surface area contributed by atoms with E-state index in [1.165, 1.54) is 270 Å². The molecule has 1 unspecified atom stereocenters. The Hall–Kier alpha value is -2.89. The summed E-state index contributed by atoms with van der Waals surface area (Å²) in [5.74, 6) is -0.854. The summed E-state index contributed by atoms with van der Waals surface area (Å²) < 4.78 is 16.9. The Morgan fingerprint density at radius 3 is 0.683 bits per heavy atom. The highest BCUT2D eigenvalue weighted by Gasteiger charge is 2.19. The van der Waals surface area contributed by atoms with E-state index in [0.29, 0.717) is 19.3 Å². The predicted octanol–water partition coefficient (Wildman–Crippen LogP) is 25.1. The molecule has 6 heteroatoms. The van der Waals surface area contributed by atoms with E-state index in [0.717, 1.165) is 77.0 Å². The van der Waals surface area contributed by atoms with Crippen LogP contribution < -0.4 is 0 Å². The number of esters is 3. The van der Waals surface area contributed by atoms with Crippen LogP contribution in [0.5, 0.6) is 0 Å². The van der Waals surface area contributed by atoms with E-state index in [1.807, 2.05) is 0 Å². The smallest absolute Gasteiger partial charge is 0.306 e. The first-order valence-corrected chi connectivity index (χ1v) is 36.3. The maximum Gasteiger partial charge on any atom is 0.306 e. The lowest BCUT2D eigenvalue weighted by atomic mass is 10.0. The van der Waals surface area contributed by atoms with E-state index < -0.39 is 6.10 Å². The van der Waals surface area contributed by atoms with Crippen molar-refractivity contribution in [2.45, 2.75) is 393 Å². The van der Waals surface area contributed by atoms with Gasteiger partial charge in [0.15, 0.2) is 6.10 Å². The highest BCUT2D eigenvalue weighted by Crippen LogP contribution is 2.18. The van der Waals surface area contributed by atoms with Crippen LogP contribution in [0.2, 0.25) is 0 Å². The van der Waals surface area contributed by atoms with Gasteiger partial charge in [0.05, 0.1) is 0 Å². The van der Waals surface area contributed by atoms with Crippen LogP contribution in [0.1, 0.15) is 387 Å². The second-order valence-electron chi connectivity index (χ2n) is 24.5. The molecule has 1 atom stereocenters. The van der Waals surface area contributed by atoms with Crippen molar-refractivity contribution in [3.8, 4) is 0 Å². The van der Waals surface area contributed by atoms with Gasteiger partial charge in [-0.25, -0.2) is 0 Å². The summed E-state index contributed by atoms with van der Waals surface area (Å²) in [5, 5.41) is 0. The zero-order chi connectivity index (χ0) is 59.2. The quantitative estimate of drug-likeness (QED) is 0.0261. The Balaban J connectivity index is 4.04. The number of ether oxygens (including phenoxy) is 3. The lowest BCUT2D eigenvalue weighted by molar-refractivity contribution is -0.167. The zero-order valence-corrected chi connectivity index (χ0v) is 55.0. The molecule has 0 aliphatic rings. The van der Waals surface area contributed by atoms with Crippen molar-refractivity contribution in [2.75, 3.05) is 13.2 Å². The molecule has 0 radical (unpaired) electrons. The van der Waals surface area contributed by atoms with Crippen molar-refractivity contribution in [3.05, 3.63) is 60.8 Å². The van der Waals surface area contributed by atoms with Crippen molar-refractivity contribution in [3.63, 3.8) is 0 Å². The van der Waals surface area contributed by atoms with Gasteiger partial charge in [0.1, 0.15) is 13.2 Å². The van der Waals surface area contributed by atoms with Gasteiger partial charge in [0.2, 0.25) is 0 Å². The summed E-state index contributed by atoms with van der Waals surface area (Å²) in [6.45, 7) is 6.64. The van der Waals surface area contributed by atoms with Gasteiger partial charge in [-0.15, -0.1) is 0 Å². The summed E-state index contributed by atoms with van der Waals surface area (Å²) >= 11 is 0. The van der Waals surface area contributed by atoms with E-state index in [-0.39, 0.29) is 31.1 Å². The topological polar surface area (TPSA) is 78.9 Å². The first-order valence-electron chi connectivity index (χ1n) is 36.3. The first-order chi connectivity index (χ1) is 40.5. The van der Waals surface area contributed by atoms with Crippen LogP contribution in [0.3, 0.4) is 0 Å². The molecule has 0 aliphatic carbocycles. The molecule has 0 N–H and O–H groups in total. The molecular weight excluding hydrogens is 1010 g/mol. The van der Waals surface area contributed by atoms with E-state index >= 15 is 0 Å². The van der Waals surface area contributed by atoms with E-state index in [1.54, 1.807) is 0 Å². The number of rotatable bonds is 67. The normalized spacial score (nSPS) is 12.4. The number of allylic oxidation sites excluding steroid dienone is 10. The first kappa shape index (κ1) is 79.1. The van der Waals surface area contributed by atoms with Crippen LogP contribution in [0.4, 0.5) is 0 Å². The molecule has 0 rings (SSSR count). The summed E-state index contributed by atoms with van der Waals surface area (Å²) in [6, 6.07) is 0. The largest absolute Gasteiger partial charge is 0.462 e. The molecule has 0 aliphatic heterocycles.